The van der Waals surface area contributed by atoms with Crippen LogP contribution in [0.25, 0.3) is 0 Å². The van der Waals surface area contributed by atoms with E-state index < -0.39 is 17.6 Å². The van der Waals surface area contributed by atoms with Gasteiger partial charge in [0, 0.05) is 25.2 Å². The van der Waals surface area contributed by atoms with Crippen LogP contribution in [-0.2, 0) is 6.18 Å². The second-order valence-corrected chi connectivity index (χ2v) is 7.86. The van der Waals surface area contributed by atoms with Gasteiger partial charge in [-0.1, -0.05) is 12.1 Å². The summed E-state index contributed by atoms with van der Waals surface area (Å²) in [4.78, 5) is 26.1. The van der Waals surface area contributed by atoms with Crippen molar-refractivity contribution in [2.24, 2.45) is 5.92 Å². The normalized spacial score (nSPS) is 16.1. The highest BCUT2D eigenvalue weighted by molar-refractivity contribution is 5.95. The summed E-state index contributed by atoms with van der Waals surface area (Å²) in [7, 11) is 0. The highest BCUT2D eigenvalue weighted by Crippen LogP contribution is 2.31. The predicted molar refractivity (Wildman–Crippen MR) is 96.4 cm³/mol. The van der Waals surface area contributed by atoms with Crippen LogP contribution in [0, 0.1) is 5.92 Å². The quantitative estimate of drug-likeness (QED) is 0.834. The van der Waals surface area contributed by atoms with Crippen LogP contribution in [0.2, 0.25) is 0 Å². The molecule has 0 aromatic heterocycles. The first-order valence-corrected chi connectivity index (χ1v) is 8.99. The van der Waals surface area contributed by atoms with Crippen LogP contribution in [0.4, 0.5) is 18.0 Å². The first-order chi connectivity index (χ1) is 12.5. The number of amides is 3. The Labute approximate surface area is 157 Å². The summed E-state index contributed by atoms with van der Waals surface area (Å²) in [6, 6.07) is 4.64. The summed E-state index contributed by atoms with van der Waals surface area (Å²) in [6.07, 6.45) is -3.18. The number of alkyl halides is 3. The number of hydrogen-bond donors (Lipinski definition) is 2. The fourth-order valence-electron chi connectivity index (χ4n) is 3.00. The number of piperidine rings is 1. The fourth-order valence-corrected chi connectivity index (χ4v) is 3.00. The summed E-state index contributed by atoms with van der Waals surface area (Å²) in [5, 5.41) is 5.51. The van der Waals surface area contributed by atoms with E-state index in [1.54, 1.807) is 4.90 Å². The molecular formula is C19H26F3N3O2. The largest absolute Gasteiger partial charge is 0.417 e. The number of carbonyl (C=O) groups is 2. The van der Waals surface area contributed by atoms with E-state index in [4.69, 9.17) is 0 Å². The molecule has 0 saturated carbocycles. The van der Waals surface area contributed by atoms with Crippen molar-refractivity contribution in [2.45, 2.75) is 45.3 Å². The number of benzene rings is 1. The minimum absolute atomic E-state index is 0.121. The molecule has 0 spiro atoms. The Kier molecular flexibility index (Phi) is 6.38. The lowest BCUT2D eigenvalue weighted by atomic mass is 9.96. The number of nitrogens with one attached hydrogen (secondary N) is 2. The summed E-state index contributed by atoms with van der Waals surface area (Å²) >= 11 is 0. The van der Waals surface area contributed by atoms with Gasteiger partial charge in [0.05, 0.1) is 11.1 Å². The summed E-state index contributed by atoms with van der Waals surface area (Å²) in [6.45, 7) is 7.13. The molecule has 1 saturated heterocycles. The predicted octanol–water partition coefficient (Wildman–Crippen LogP) is 3.66. The van der Waals surface area contributed by atoms with Crippen LogP contribution >= 0.6 is 0 Å². The van der Waals surface area contributed by atoms with E-state index in [1.165, 1.54) is 18.2 Å². The first-order valence-electron chi connectivity index (χ1n) is 8.99. The Hall–Kier alpha value is -2.25. The van der Waals surface area contributed by atoms with Crippen molar-refractivity contribution >= 4 is 11.9 Å². The van der Waals surface area contributed by atoms with Gasteiger partial charge in [-0.3, -0.25) is 4.79 Å². The molecule has 0 aliphatic carbocycles. The average molecular weight is 385 g/mol. The number of hydrogen-bond acceptors (Lipinski definition) is 2. The molecule has 1 aliphatic rings. The zero-order valence-electron chi connectivity index (χ0n) is 15.8. The summed E-state index contributed by atoms with van der Waals surface area (Å²) < 4.78 is 39.0. The summed E-state index contributed by atoms with van der Waals surface area (Å²) in [5.41, 5.74) is -1.61. The van der Waals surface area contributed by atoms with Gasteiger partial charge in [-0.25, -0.2) is 4.79 Å². The van der Waals surface area contributed by atoms with Crippen molar-refractivity contribution in [3.05, 3.63) is 35.4 Å². The highest BCUT2D eigenvalue weighted by atomic mass is 19.4. The van der Waals surface area contributed by atoms with Crippen LogP contribution in [0.3, 0.4) is 0 Å². The Bertz CT molecular complexity index is 676. The summed E-state index contributed by atoms with van der Waals surface area (Å²) in [5.74, 6) is -0.596. The third kappa shape index (κ3) is 6.15. The number of rotatable bonds is 3. The van der Waals surface area contributed by atoms with Gasteiger partial charge in [0.25, 0.3) is 5.91 Å². The van der Waals surface area contributed by atoms with Crippen molar-refractivity contribution in [1.82, 2.24) is 15.5 Å². The topological polar surface area (TPSA) is 61.4 Å². The molecule has 0 radical (unpaired) electrons. The maximum absolute atomic E-state index is 13.0. The smallest absolute Gasteiger partial charge is 0.352 e. The number of carbonyl (C=O) groups excluding carboxylic acids is 2. The fraction of sp³-hybridized carbons (Fsp3) is 0.579. The second kappa shape index (κ2) is 8.19. The molecule has 150 valence electrons. The van der Waals surface area contributed by atoms with E-state index >= 15 is 0 Å². The van der Waals surface area contributed by atoms with Gasteiger partial charge < -0.3 is 15.5 Å². The van der Waals surface area contributed by atoms with E-state index in [9.17, 15) is 22.8 Å². The molecule has 2 rings (SSSR count). The van der Waals surface area contributed by atoms with E-state index in [0.717, 1.165) is 6.07 Å². The Morgan fingerprint density at radius 2 is 1.70 bits per heavy atom. The molecule has 0 unspecified atom stereocenters. The average Bonchev–Trinajstić information content (AvgIpc) is 2.58. The molecule has 0 bridgehead atoms. The Balaban J connectivity index is 1.86. The molecule has 1 fully saturated rings. The lowest BCUT2D eigenvalue weighted by Gasteiger charge is -2.34. The number of nitrogens with zero attached hydrogens (tertiary/aromatic N) is 1. The van der Waals surface area contributed by atoms with Crippen molar-refractivity contribution in [3.63, 3.8) is 0 Å². The van der Waals surface area contributed by atoms with Crippen molar-refractivity contribution in [1.29, 1.82) is 0 Å². The molecule has 1 aromatic carbocycles. The number of urea groups is 1. The van der Waals surface area contributed by atoms with Crippen LogP contribution in [-0.4, -0.2) is 42.0 Å². The highest BCUT2D eigenvalue weighted by Gasteiger charge is 2.35. The monoisotopic (exact) mass is 385 g/mol. The molecule has 27 heavy (non-hydrogen) atoms. The lowest BCUT2D eigenvalue weighted by molar-refractivity contribution is -0.137. The van der Waals surface area contributed by atoms with Crippen LogP contribution in [0.1, 0.15) is 49.5 Å². The van der Waals surface area contributed by atoms with Gasteiger partial charge in [0.1, 0.15) is 0 Å². The number of likely N-dealkylation sites (tertiary alicyclic amines) is 1. The number of halogens is 3. The van der Waals surface area contributed by atoms with E-state index in [1.807, 2.05) is 20.8 Å². The molecule has 1 aliphatic heterocycles. The molecule has 3 amide bonds. The molecule has 1 heterocycles. The van der Waals surface area contributed by atoms with Crippen molar-refractivity contribution in [2.75, 3.05) is 19.6 Å². The third-order valence-electron chi connectivity index (χ3n) is 4.41. The Morgan fingerprint density at radius 1 is 1.11 bits per heavy atom. The zero-order valence-corrected chi connectivity index (χ0v) is 15.8. The van der Waals surface area contributed by atoms with Gasteiger partial charge in [-0.15, -0.1) is 0 Å². The zero-order chi connectivity index (χ0) is 20.2. The SMILES string of the molecule is CC(C)(C)NC(=O)N1CCC(CNC(=O)c2ccccc2C(F)(F)F)CC1. The standard InChI is InChI=1S/C19H26F3N3O2/c1-18(2,3)24-17(27)25-10-8-13(9-11-25)12-23-16(26)14-6-4-5-7-15(14)19(20,21)22/h4-7,13H,8-12H2,1-3H3,(H,23,26)(H,24,27). The molecular weight excluding hydrogens is 359 g/mol. The molecule has 8 heteroatoms. The molecule has 2 N–H and O–H groups in total. The van der Waals surface area contributed by atoms with E-state index in [2.05, 4.69) is 10.6 Å². The van der Waals surface area contributed by atoms with Crippen LogP contribution in [0.5, 0.6) is 0 Å². The minimum atomic E-state index is -4.57. The lowest BCUT2D eigenvalue weighted by Crippen LogP contribution is -2.51. The third-order valence-corrected chi connectivity index (χ3v) is 4.41. The van der Waals surface area contributed by atoms with Gasteiger partial charge >= 0.3 is 12.2 Å². The van der Waals surface area contributed by atoms with Gasteiger partial charge in [-0.2, -0.15) is 13.2 Å². The first kappa shape index (κ1) is 21.1. The van der Waals surface area contributed by atoms with Crippen LogP contribution in [0.15, 0.2) is 24.3 Å². The molecule has 0 atom stereocenters. The van der Waals surface area contributed by atoms with Crippen LogP contribution < -0.4 is 10.6 Å². The van der Waals surface area contributed by atoms with Gasteiger partial charge in [0.2, 0.25) is 0 Å². The second-order valence-electron chi connectivity index (χ2n) is 7.86. The van der Waals surface area contributed by atoms with Gasteiger partial charge in [0.15, 0.2) is 0 Å². The van der Waals surface area contributed by atoms with E-state index in [-0.39, 0.29) is 23.1 Å². The van der Waals surface area contributed by atoms with Crippen molar-refractivity contribution in [3.8, 4) is 0 Å². The minimum Gasteiger partial charge on any atom is -0.352 e. The van der Waals surface area contributed by atoms with E-state index in [0.29, 0.717) is 32.5 Å². The maximum Gasteiger partial charge on any atom is 0.417 e. The van der Waals surface area contributed by atoms with Crippen molar-refractivity contribution < 1.29 is 22.8 Å². The Morgan fingerprint density at radius 3 is 2.26 bits per heavy atom. The maximum atomic E-state index is 13.0. The van der Waals surface area contributed by atoms with Gasteiger partial charge in [-0.05, 0) is 51.7 Å². The molecule has 5 nitrogen and oxygen atoms in total. The molecule has 1 aromatic rings.